The highest BCUT2D eigenvalue weighted by Gasteiger charge is 2.17. The van der Waals surface area contributed by atoms with Crippen molar-refractivity contribution < 1.29 is 4.74 Å². The van der Waals surface area contributed by atoms with Crippen molar-refractivity contribution in [3.8, 4) is 0 Å². The summed E-state index contributed by atoms with van der Waals surface area (Å²) in [6.07, 6.45) is 10.5. The normalized spacial score (nSPS) is 20.4. The molecule has 29 heavy (non-hydrogen) atoms. The maximum atomic E-state index is 5.61. The second-order valence-corrected chi connectivity index (χ2v) is 8.07. The molecule has 164 valence electrons. The molecule has 3 rings (SSSR count). The molecule has 1 unspecified atom stereocenters. The molecule has 0 radical (unpaired) electrons. The smallest absolute Gasteiger partial charge is 0.191 e. The minimum absolute atomic E-state index is 0. The Bertz CT molecular complexity index is 604. The number of guanidine groups is 1. The average Bonchev–Trinajstić information content (AvgIpc) is 3.23. The zero-order chi connectivity index (χ0) is 19.6. The zero-order valence-corrected chi connectivity index (χ0v) is 20.4. The summed E-state index contributed by atoms with van der Waals surface area (Å²) in [5.41, 5.74) is 1.13. The first-order valence-corrected chi connectivity index (χ1v) is 11.1. The highest BCUT2D eigenvalue weighted by atomic mass is 127. The highest BCUT2D eigenvalue weighted by Crippen LogP contribution is 2.28. The van der Waals surface area contributed by atoms with E-state index in [0.29, 0.717) is 6.54 Å². The molecule has 0 aromatic carbocycles. The lowest BCUT2D eigenvalue weighted by Crippen LogP contribution is -2.41. The Morgan fingerprint density at radius 1 is 1.28 bits per heavy atom. The van der Waals surface area contributed by atoms with Gasteiger partial charge in [0.25, 0.3) is 0 Å². The molecule has 2 fully saturated rings. The van der Waals surface area contributed by atoms with Gasteiger partial charge in [0.1, 0.15) is 5.82 Å². The summed E-state index contributed by atoms with van der Waals surface area (Å²) in [5, 5.41) is 6.82. The number of aliphatic imine (C=N–C) groups is 1. The fraction of sp³-hybridized carbons (Fsp3) is 0.727. The van der Waals surface area contributed by atoms with Crippen molar-refractivity contribution in [2.24, 2.45) is 10.9 Å². The Labute approximate surface area is 193 Å². The maximum Gasteiger partial charge on any atom is 0.191 e. The lowest BCUT2D eigenvalue weighted by Gasteiger charge is -2.32. The number of morpholine rings is 1. The van der Waals surface area contributed by atoms with Crippen LogP contribution in [0.25, 0.3) is 0 Å². The fourth-order valence-corrected chi connectivity index (χ4v) is 4.13. The van der Waals surface area contributed by atoms with Gasteiger partial charge < -0.3 is 20.3 Å². The monoisotopic (exact) mass is 515 g/mol. The van der Waals surface area contributed by atoms with E-state index in [1.54, 1.807) is 0 Å². The topological polar surface area (TPSA) is 61.8 Å². The van der Waals surface area contributed by atoms with Crippen molar-refractivity contribution in [1.29, 1.82) is 0 Å². The molecule has 1 aromatic rings. The van der Waals surface area contributed by atoms with Crippen LogP contribution in [0.15, 0.2) is 23.3 Å². The van der Waals surface area contributed by atoms with Crippen LogP contribution < -0.4 is 15.5 Å². The molecule has 0 spiro atoms. The van der Waals surface area contributed by atoms with Crippen molar-refractivity contribution in [1.82, 2.24) is 15.6 Å². The van der Waals surface area contributed by atoms with Crippen LogP contribution in [0.2, 0.25) is 0 Å². The van der Waals surface area contributed by atoms with Crippen LogP contribution in [0.3, 0.4) is 0 Å². The standard InChI is InChI=1S/C22H37N5O.HI/c1-3-23-22(24-12-6-9-19-7-4-5-8-19)26-16-20-10-11-21(25-15-20)27-13-14-28-18(2)17-27;/h10-11,15,18-19H,3-9,12-14,16-17H2,1-2H3,(H2,23,24,26);1H. The van der Waals surface area contributed by atoms with E-state index in [-0.39, 0.29) is 30.1 Å². The third-order valence-corrected chi connectivity index (χ3v) is 5.69. The predicted molar refractivity (Wildman–Crippen MR) is 131 cm³/mol. The van der Waals surface area contributed by atoms with Gasteiger partial charge in [-0.15, -0.1) is 24.0 Å². The van der Waals surface area contributed by atoms with Crippen molar-refractivity contribution >= 4 is 35.8 Å². The van der Waals surface area contributed by atoms with Gasteiger partial charge in [0.2, 0.25) is 0 Å². The predicted octanol–water partition coefficient (Wildman–Crippen LogP) is 3.95. The first kappa shape index (κ1) is 24.2. The van der Waals surface area contributed by atoms with Gasteiger partial charge in [-0.2, -0.15) is 0 Å². The van der Waals surface area contributed by atoms with Gasteiger partial charge in [-0.05, 0) is 44.2 Å². The van der Waals surface area contributed by atoms with E-state index >= 15 is 0 Å². The summed E-state index contributed by atoms with van der Waals surface area (Å²) < 4.78 is 5.61. The minimum Gasteiger partial charge on any atom is -0.375 e. The number of hydrogen-bond donors (Lipinski definition) is 2. The number of ether oxygens (including phenoxy) is 1. The van der Waals surface area contributed by atoms with Gasteiger partial charge >= 0.3 is 0 Å². The van der Waals surface area contributed by atoms with Crippen LogP contribution in [-0.2, 0) is 11.3 Å². The molecule has 1 aliphatic heterocycles. The van der Waals surface area contributed by atoms with E-state index in [1.807, 2.05) is 6.20 Å². The van der Waals surface area contributed by atoms with Crippen LogP contribution in [0.1, 0.15) is 57.9 Å². The average molecular weight is 515 g/mol. The summed E-state index contributed by atoms with van der Waals surface area (Å²) >= 11 is 0. The number of nitrogens with zero attached hydrogens (tertiary/aromatic N) is 3. The van der Waals surface area contributed by atoms with E-state index < -0.39 is 0 Å². The van der Waals surface area contributed by atoms with Gasteiger partial charge in [0, 0.05) is 32.4 Å². The van der Waals surface area contributed by atoms with E-state index in [4.69, 9.17) is 9.73 Å². The van der Waals surface area contributed by atoms with Crippen LogP contribution in [-0.4, -0.2) is 49.8 Å². The van der Waals surface area contributed by atoms with Crippen LogP contribution in [0.4, 0.5) is 5.82 Å². The van der Waals surface area contributed by atoms with Crippen molar-refractivity contribution in [2.75, 3.05) is 37.7 Å². The zero-order valence-electron chi connectivity index (χ0n) is 18.0. The molecule has 1 atom stereocenters. The molecular weight excluding hydrogens is 477 g/mol. The quantitative estimate of drug-likeness (QED) is 0.238. The molecular formula is C22H38IN5O. The third-order valence-electron chi connectivity index (χ3n) is 5.69. The van der Waals surface area contributed by atoms with Gasteiger partial charge in [-0.25, -0.2) is 9.98 Å². The van der Waals surface area contributed by atoms with E-state index in [1.165, 1.54) is 38.5 Å². The minimum atomic E-state index is 0. The highest BCUT2D eigenvalue weighted by molar-refractivity contribution is 14.0. The second-order valence-electron chi connectivity index (χ2n) is 8.07. The molecule has 2 aliphatic rings. The molecule has 1 aromatic heterocycles. The number of pyridine rings is 1. The van der Waals surface area contributed by atoms with Crippen molar-refractivity contribution in [3.63, 3.8) is 0 Å². The van der Waals surface area contributed by atoms with Crippen LogP contribution in [0, 0.1) is 5.92 Å². The van der Waals surface area contributed by atoms with Gasteiger partial charge in [-0.1, -0.05) is 31.7 Å². The summed E-state index contributed by atoms with van der Waals surface area (Å²) in [6.45, 7) is 9.31. The van der Waals surface area contributed by atoms with E-state index in [2.05, 4.69) is 46.5 Å². The Kier molecular flexibility index (Phi) is 11.1. The van der Waals surface area contributed by atoms with Crippen molar-refractivity contribution in [2.45, 2.75) is 65.0 Å². The summed E-state index contributed by atoms with van der Waals surface area (Å²) in [7, 11) is 0. The van der Waals surface area contributed by atoms with Crippen molar-refractivity contribution in [3.05, 3.63) is 23.9 Å². The maximum absolute atomic E-state index is 5.61. The first-order valence-electron chi connectivity index (χ1n) is 11.1. The lowest BCUT2D eigenvalue weighted by molar-refractivity contribution is 0.0529. The van der Waals surface area contributed by atoms with E-state index in [0.717, 1.165) is 56.0 Å². The van der Waals surface area contributed by atoms with Gasteiger partial charge in [-0.3, -0.25) is 0 Å². The van der Waals surface area contributed by atoms with E-state index in [9.17, 15) is 0 Å². The van der Waals surface area contributed by atoms with Gasteiger partial charge in [0.05, 0.1) is 19.3 Å². The molecule has 1 aliphatic carbocycles. The Hall–Kier alpha value is -1.09. The number of anilines is 1. The summed E-state index contributed by atoms with van der Waals surface area (Å²) in [6, 6.07) is 4.24. The molecule has 6 nitrogen and oxygen atoms in total. The molecule has 2 heterocycles. The lowest BCUT2D eigenvalue weighted by atomic mass is 10.0. The van der Waals surface area contributed by atoms with Gasteiger partial charge in [0.15, 0.2) is 5.96 Å². The fourth-order valence-electron chi connectivity index (χ4n) is 4.13. The van der Waals surface area contributed by atoms with Crippen LogP contribution >= 0.6 is 24.0 Å². The number of halogens is 1. The first-order chi connectivity index (χ1) is 13.7. The SMILES string of the molecule is CCNC(=NCc1ccc(N2CCOC(C)C2)nc1)NCCCC1CCCC1.I. The largest absolute Gasteiger partial charge is 0.375 e. The van der Waals surface area contributed by atoms with Crippen LogP contribution in [0.5, 0.6) is 0 Å². The Balaban J connectivity index is 0.00000300. The summed E-state index contributed by atoms with van der Waals surface area (Å²) in [5.74, 6) is 2.89. The molecule has 0 amide bonds. The third kappa shape index (κ3) is 8.28. The molecule has 0 bridgehead atoms. The molecule has 1 saturated heterocycles. The Morgan fingerprint density at radius 2 is 2.10 bits per heavy atom. The molecule has 1 saturated carbocycles. The number of hydrogen-bond acceptors (Lipinski definition) is 4. The number of rotatable bonds is 8. The second kappa shape index (κ2) is 13.3. The summed E-state index contributed by atoms with van der Waals surface area (Å²) in [4.78, 5) is 11.7. The number of aromatic nitrogens is 1. The molecule has 2 N–H and O–H groups in total. The number of nitrogens with one attached hydrogen (secondary N) is 2. The molecule has 7 heteroatoms. The Morgan fingerprint density at radius 3 is 2.79 bits per heavy atom.